The van der Waals surface area contributed by atoms with Crippen LogP contribution >= 0.6 is 0 Å². The van der Waals surface area contributed by atoms with Crippen molar-refractivity contribution in [2.75, 3.05) is 13.2 Å². The van der Waals surface area contributed by atoms with Crippen LogP contribution < -0.4 is 0 Å². The molecule has 2 unspecified atom stereocenters. The zero-order chi connectivity index (χ0) is 10.8. The molecule has 14 heavy (non-hydrogen) atoms. The van der Waals surface area contributed by atoms with Crippen molar-refractivity contribution in [2.45, 2.75) is 32.8 Å². The maximum Gasteiger partial charge on any atom is 0.310 e. The second-order valence-electron chi connectivity index (χ2n) is 4.10. The first-order valence-corrected chi connectivity index (χ1v) is 5.00. The van der Waals surface area contributed by atoms with E-state index >= 15 is 0 Å². The van der Waals surface area contributed by atoms with Gasteiger partial charge in [-0.1, -0.05) is 6.92 Å². The molecule has 0 spiro atoms. The summed E-state index contributed by atoms with van der Waals surface area (Å²) < 4.78 is 5.16. The van der Waals surface area contributed by atoms with Crippen LogP contribution in [0.1, 0.15) is 26.7 Å². The van der Waals surface area contributed by atoms with Crippen LogP contribution in [0.5, 0.6) is 0 Å². The van der Waals surface area contributed by atoms with Crippen molar-refractivity contribution in [1.82, 2.24) is 0 Å². The summed E-state index contributed by atoms with van der Waals surface area (Å²) in [5, 5.41) is 18.7. The summed E-state index contributed by atoms with van der Waals surface area (Å²) in [6.45, 7) is 4.39. The van der Waals surface area contributed by atoms with Crippen LogP contribution in [0.4, 0.5) is 0 Å². The summed E-state index contributed by atoms with van der Waals surface area (Å²) in [6, 6.07) is 0. The van der Waals surface area contributed by atoms with Crippen LogP contribution in [0.15, 0.2) is 0 Å². The molecule has 1 saturated heterocycles. The van der Waals surface area contributed by atoms with Gasteiger partial charge in [0.05, 0.1) is 11.5 Å². The highest BCUT2D eigenvalue weighted by Crippen LogP contribution is 2.40. The smallest absolute Gasteiger partial charge is 0.310 e. The number of carboxylic acid groups (broad SMARTS) is 1. The average Bonchev–Trinajstić information content (AvgIpc) is 2.17. The van der Waals surface area contributed by atoms with Crippen LogP contribution in [0.25, 0.3) is 0 Å². The monoisotopic (exact) mass is 202 g/mol. The summed E-state index contributed by atoms with van der Waals surface area (Å²) >= 11 is 0. The van der Waals surface area contributed by atoms with E-state index in [-0.39, 0.29) is 5.92 Å². The van der Waals surface area contributed by atoms with Crippen LogP contribution in [0, 0.1) is 11.3 Å². The van der Waals surface area contributed by atoms with Crippen LogP contribution in [-0.2, 0) is 9.53 Å². The highest BCUT2D eigenvalue weighted by Gasteiger charge is 2.46. The molecule has 4 heteroatoms. The lowest BCUT2D eigenvalue weighted by Gasteiger charge is -2.39. The number of aliphatic hydroxyl groups excluding tert-OH is 1. The molecular weight excluding hydrogens is 184 g/mol. The standard InChI is InChI=1S/C10H18O4/c1-7(8(2)11)10(9(12)13)3-5-14-6-4-10/h7-8,11H,3-6H2,1-2H3,(H,12,13). The molecule has 0 radical (unpaired) electrons. The number of ether oxygens (including phenoxy) is 1. The van der Waals surface area contributed by atoms with Gasteiger partial charge in [0, 0.05) is 13.2 Å². The predicted molar refractivity (Wildman–Crippen MR) is 51.0 cm³/mol. The van der Waals surface area contributed by atoms with E-state index in [4.69, 9.17) is 4.74 Å². The van der Waals surface area contributed by atoms with Crippen molar-refractivity contribution in [3.8, 4) is 0 Å². The highest BCUT2D eigenvalue weighted by molar-refractivity contribution is 5.75. The van der Waals surface area contributed by atoms with E-state index in [2.05, 4.69) is 0 Å². The zero-order valence-corrected chi connectivity index (χ0v) is 8.69. The van der Waals surface area contributed by atoms with Gasteiger partial charge in [-0.15, -0.1) is 0 Å². The Balaban J connectivity index is 2.85. The lowest BCUT2D eigenvalue weighted by Crippen LogP contribution is -2.46. The van der Waals surface area contributed by atoms with Crippen LogP contribution in [0.2, 0.25) is 0 Å². The molecule has 4 nitrogen and oxygen atoms in total. The molecule has 82 valence electrons. The van der Waals surface area contributed by atoms with Crippen LogP contribution in [0.3, 0.4) is 0 Å². The van der Waals surface area contributed by atoms with Gasteiger partial charge < -0.3 is 14.9 Å². The van der Waals surface area contributed by atoms with Crippen molar-refractivity contribution in [1.29, 1.82) is 0 Å². The van der Waals surface area contributed by atoms with Gasteiger partial charge >= 0.3 is 5.97 Å². The van der Waals surface area contributed by atoms with E-state index < -0.39 is 17.5 Å². The maximum atomic E-state index is 11.3. The summed E-state index contributed by atoms with van der Waals surface area (Å²) in [5.41, 5.74) is -0.799. The average molecular weight is 202 g/mol. The predicted octanol–water partition coefficient (Wildman–Crippen LogP) is 0.885. The number of rotatable bonds is 3. The Morgan fingerprint density at radius 3 is 2.21 bits per heavy atom. The molecule has 0 saturated carbocycles. The van der Waals surface area contributed by atoms with Gasteiger partial charge in [-0.05, 0) is 25.7 Å². The summed E-state index contributed by atoms with van der Waals surface area (Å²) in [4.78, 5) is 11.3. The maximum absolute atomic E-state index is 11.3. The minimum atomic E-state index is -0.811. The molecule has 0 aromatic carbocycles. The van der Waals surface area contributed by atoms with E-state index in [0.717, 1.165) is 0 Å². The third kappa shape index (κ3) is 1.91. The fourth-order valence-corrected chi connectivity index (χ4v) is 2.06. The SMILES string of the molecule is CC(O)C(C)C1(C(=O)O)CCOCC1. The van der Waals surface area contributed by atoms with Crippen molar-refractivity contribution < 1.29 is 19.7 Å². The molecule has 1 aliphatic heterocycles. The Bertz CT molecular complexity index is 206. The largest absolute Gasteiger partial charge is 0.481 e. The number of carboxylic acids is 1. The quantitative estimate of drug-likeness (QED) is 0.713. The van der Waals surface area contributed by atoms with Crippen molar-refractivity contribution >= 4 is 5.97 Å². The summed E-state index contributed by atoms with van der Waals surface area (Å²) in [7, 11) is 0. The number of carbonyl (C=O) groups is 1. The van der Waals surface area contributed by atoms with E-state index in [9.17, 15) is 15.0 Å². The molecule has 1 heterocycles. The van der Waals surface area contributed by atoms with Crippen molar-refractivity contribution in [2.24, 2.45) is 11.3 Å². The van der Waals surface area contributed by atoms with Gasteiger partial charge in [-0.2, -0.15) is 0 Å². The van der Waals surface area contributed by atoms with Gasteiger partial charge in [0.25, 0.3) is 0 Å². The minimum Gasteiger partial charge on any atom is -0.481 e. The molecular formula is C10H18O4. The normalized spacial score (nSPS) is 25.4. The molecule has 0 bridgehead atoms. The van der Waals surface area contributed by atoms with E-state index in [1.807, 2.05) is 0 Å². The Kier molecular flexibility index (Phi) is 3.50. The lowest BCUT2D eigenvalue weighted by molar-refractivity contribution is -0.163. The van der Waals surface area contributed by atoms with Crippen molar-refractivity contribution in [3.05, 3.63) is 0 Å². The first-order chi connectivity index (χ1) is 6.50. The Morgan fingerprint density at radius 2 is 1.86 bits per heavy atom. The van der Waals surface area contributed by atoms with Gasteiger partial charge in [-0.25, -0.2) is 0 Å². The Morgan fingerprint density at radius 1 is 1.36 bits per heavy atom. The molecule has 0 aliphatic carbocycles. The van der Waals surface area contributed by atoms with Gasteiger partial charge in [0.2, 0.25) is 0 Å². The van der Waals surface area contributed by atoms with Crippen molar-refractivity contribution in [3.63, 3.8) is 0 Å². The van der Waals surface area contributed by atoms with Gasteiger partial charge in [0.15, 0.2) is 0 Å². The first-order valence-electron chi connectivity index (χ1n) is 5.00. The number of hydrogen-bond donors (Lipinski definition) is 2. The third-order valence-electron chi connectivity index (χ3n) is 3.41. The zero-order valence-electron chi connectivity index (χ0n) is 8.69. The molecule has 1 rings (SSSR count). The number of hydrogen-bond acceptors (Lipinski definition) is 3. The molecule has 1 fully saturated rings. The molecule has 0 aromatic rings. The molecule has 0 aromatic heterocycles. The third-order valence-corrected chi connectivity index (χ3v) is 3.41. The second-order valence-corrected chi connectivity index (χ2v) is 4.10. The summed E-state index contributed by atoms with van der Waals surface area (Å²) in [6.07, 6.45) is 0.396. The van der Waals surface area contributed by atoms with Gasteiger partial charge in [0.1, 0.15) is 0 Å². The molecule has 0 amide bonds. The minimum absolute atomic E-state index is 0.233. The molecule has 2 atom stereocenters. The summed E-state index contributed by atoms with van der Waals surface area (Å²) in [5.74, 6) is -1.04. The second kappa shape index (κ2) is 4.28. The lowest BCUT2D eigenvalue weighted by atomic mass is 9.69. The van der Waals surface area contributed by atoms with Gasteiger partial charge in [-0.3, -0.25) is 4.79 Å². The Labute approximate surface area is 83.9 Å². The van der Waals surface area contributed by atoms with Crippen LogP contribution in [-0.4, -0.2) is 35.5 Å². The Hall–Kier alpha value is -0.610. The van der Waals surface area contributed by atoms with E-state index in [1.54, 1.807) is 13.8 Å². The fraction of sp³-hybridized carbons (Fsp3) is 0.900. The topological polar surface area (TPSA) is 66.8 Å². The number of aliphatic hydroxyl groups is 1. The highest BCUT2D eigenvalue weighted by atomic mass is 16.5. The fourth-order valence-electron chi connectivity index (χ4n) is 2.06. The molecule has 2 N–H and O–H groups in total. The van der Waals surface area contributed by atoms with E-state index in [0.29, 0.717) is 26.1 Å². The number of aliphatic carboxylic acids is 1. The first kappa shape index (κ1) is 11.5. The van der Waals surface area contributed by atoms with E-state index in [1.165, 1.54) is 0 Å². The molecule has 1 aliphatic rings.